The highest BCUT2D eigenvalue weighted by Gasteiger charge is 2.31. The summed E-state index contributed by atoms with van der Waals surface area (Å²) in [5.41, 5.74) is 18.1. The Morgan fingerprint density at radius 1 is 0.511 bits per heavy atom. The van der Waals surface area contributed by atoms with Gasteiger partial charge in [0.15, 0.2) is 0 Å². The summed E-state index contributed by atoms with van der Waals surface area (Å²) in [4.78, 5) is 0. The van der Waals surface area contributed by atoms with Crippen molar-refractivity contribution in [3.63, 3.8) is 0 Å². The molecule has 1 heteroatoms. The highest BCUT2D eigenvalue weighted by molar-refractivity contribution is 6.36. The van der Waals surface area contributed by atoms with Gasteiger partial charge in [-0.1, -0.05) is 175 Å². The molecule has 2 aliphatic rings. The second-order valence-electron chi connectivity index (χ2n) is 14.8. The van der Waals surface area contributed by atoms with Crippen LogP contribution in [0, 0.1) is 11.8 Å². The third-order valence-electron chi connectivity index (χ3n) is 10.2. The topological polar surface area (TPSA) is 0 Å². The van der Waals surface area contributed by atoms with E-state index in [4.69, 9.17) is 0 Å². The van der Waals surface area contributed by atoms with Crippen LogP contribution < -0.4 is 0 Å². The molecule has 4 aromatic rings. The molecule has 0 aliphatic heterocycles. The summed E-state index contributed by atoms with van der Waals surface area (Å²) in [5, 5.41) is 0. The summed E-state index contributed by atoms with van der Waals surface area (Å²) in [5.74, 6) is 2.39. The Hall–Kier alpha value is -3.42. The molecule has 0 saturated heterocycles. The van der Waals surface area contributed by atoms with E-state index in [2.05, 4.69) is 139 Å². The van der Waals surface area contributed by atoms with Gasteiger partial charge in [0.1, 0.15) is 0 Å². The molecule has 0 heterocycles. The van der Waals surface area contributed by atoms with Crippen molar-refractivity contribution < 1.29 is 0 Å². The van der Waals surface area contributed by atoms with E-state index in [0.29, 0.717) is 23.7 Å². The number of fused-ring (bicyclic) bond motifs is 2. The van der Waals surface area contributed by atoms with Crippen LogP contribution in [-0.4, -0.2) is 9.52 Å². The summed E-state index contributed by atoms with van der Waals surface area (Å²) < 4.78 is 0. The van der Waals surface area contributed by atoms with Gasteiger partial charge < -0.3 is 0 Å². The molecule has 47 heavy (non-hydrogen) atoms. The fourth-order valence-corrected chi connectivity index (χ4v) is 9.99. The summed E-state index contributed by atoms with van der Waals surface area (Å²) >= 11 is 0. The molecule has 0 spiro atoms. The van der Waals surface area contributed by atoms with Gasteiger partial charge in [0.25, 0.3) is 0 Å². The van der Waals surface area contributed by atoms with Gasteiger partial charge in [-0.3, -0.25) is 0 Å². The van der Waals surface area contributed by atoms with Crippen LogP contribution in [0.15, 0.2) is 96.1 Å². The Balaban J connectivity index is 1.29. The van der Waals surface area contributed by atoms with Crippen molar-refractivity contribution in [1.29, 1.82) is 0 Å². The van der Waals surface area contributed by atoms with E-state index in [1.54, 1.807) is 22.3 Å². The Morgan fingerprint density at radius 2 is 0.915 bits per heavy atom. The maximum atomic E-state index is 2.59. The molecule has 2 aliphatic carbocycles. The fourth-order valence-electron chi connectivity index (χ4n) is 8.28. The minimum absolute atomic E-state index is 0.537. The van der Waals surface area contributed by atoms with Gasteiger partial charge >= 0.3 is 0 Å². The van der Waals surface area contributed by atoms with E-state index in [1.807, 2.05) is 0 Å². The molecule has 0 saturated carbocycles. The van der Waals surface area contributed by atoms with Gasteiger partial charge in [0, 0.05) is 21.4 Å². The van der Waals surface area contributed by atoms with E-state index in [9.17, 15) is 0 Å². The van der Waals surface area contributed by atoms with Crippen LogP contribution in [0.4, 0.5) is 0 Å². The largest absolute Gasteiger partial charge is 0.0651 e. The number of hydrogen-bond donors (Lipinski definition) is 0. The molecule has 0 fully saturated rings. The highest BCUT2D eigenvalue weighted by Crippen LogP contribution is 2.48. The predicted octanol–water partition coefficient (Wildman–Crippen LogP) is 13.2. The van der Waals surface area contributed by atoms with Gasteiger partial charge in [0.05, 0.1) is 0 Å². The van der Waals surface area contributed by atoms with E-state index in [1.165, 1.54) is 82.3 Å². The number of hydrogen-bond acceptors (Lipinski definition) is 0. The zero-order valence-electron chi connectivity index (χ0n) is 29.7. The van der Waals surface area contributed by atoms with Gasteiger partial charge in [-0.2, -0.15) is 0 Å². The lowest BCUT2D eigenvalue weighted by atomic mass is 9.89. The summed E-state index contributed by atoms with van der Waals surface area (Å²) in [6.07, 6.45) is 12.2. The van der Waals surface area contributed by atoms with Crippen molar-refractivity contribution in [2.75, 3.05) is 0 Å². The van der Waals surface area contributed by atoms with Crippen LogP contribution in [0.1, 0.15) is 112 Å². The lowest BCUT2D eigenvalue weighted by molar-refractivity contribution is 0.616. The normalized spacial score (nSPS) is 16.9. The molecule has 2 atom stereocenters. The first-order valence-electron chi connectivity index (χ1n) is 18.4. The molecule has 4 aromatic carbocycles. The third-order valence-corrected chi connectivity index (χ3v) is 11.6. The first-order valence-corrected chi connectivity index (χ1v) is 19.8. The molecule has 0 bridgehead atoms. The number of rotatable bonds is 14. The molecule has 0 amide bonds. The van der Waals surface area contributed by atoms with E-state index in [-0.39, 0.29) is 0 Å². The second kappa shape index (κ2) is 15.2. The Labute approximate surface area is 288 Å². The van der Waals surface area contributed by atoms with Crippen LogP contribution >= 0.6 is 0 Å². The van der Waals surface area contributed by atoms with Crippen molar-refractivity contribution in [3.05, 3.63) is 129 Å². The maximum absolute atomic E-state index is 2.59. The molecule has 242 valence electrons. The van der Waals surface area contributed by atoms with E-state index >= 15 is 0 Å². The van der Waals surface area contributed by atoms with Crippen molar-refractivity contribution in [1.82, 2.24) is 0 Å². The Morgan fingerprint density at radius 3 is 1.32 bits per heavy atom. The molecule has 6 rings (SSSR count). The molecule has 2 radical (unpaired) electrons. The standard InChI is InChI=1S/C46H54Si/c1-7-15-33-17-9-11-19-37(33)39-21-13-23-41-43(39)27-35(25-31(3)4)45(41)29-47-30-46-36(26-32(5)6)28-44-40(22-14-24-42(44)46)38-20-12-10-18-34(38)16-8-2/h9-14,17-24,27-28,31-32,45-46H,7-8,15-16,25-26,29-30H2,1-6H3. The molecular weight excluding hydrogens is 581 g/mol. The van der Waals surface area contributed by atoms with E-state index in [0.717, 1.165) is 22.4 Å². The smallest absolute Gasteiger partial charge is 0.0397 e. The van der Waals surface area contributed by atoms with Crippen LogP contribution in [0.25, 0.3) is 34.4 Å². The lowest BCUT2D eigenvalue weighted by Gasteiger charge is -2.22. The molecule has 2 unspecified atom stereocenters. The lowest BCUT2D eigenvalue weighted by Crippen LogP contribution is -2.10. The Kier molecular flexibility index (Phi) is 10.8. The minimum Gasteiger partial charge on any atom is -0.0651 e. The number of aryl methyl sites for hydroxylation is 2. The van der Waals surface area contributed by atoms with Crippen LogP contribution in [-0.2, 0) is 12.8 Å². The van der Waals surface area contributed by atoms with Crippen LogP contribution in [0.3, 0.4) is 0 Å². The zero-order valence-corrected chi connectivity index (χ0v) is 30.7. The average molecular weight is 635 g/mol. The summed E-state index contributed by atoms with van der Waals surface area (Å²) in [7, 11) is 0.930. The highest BCUT2D eigenvalue weighted by atomic mass is 28.2. The minimum atomic E-state index is 0.537. The van der Waals surface area contributed by atoms with E-state index < -0.39 is 0 Å². The quantitative estimate of drug-likeness (QED) is 0.121. The van der Waals surface area contributed by atoms with Crippen molar-refractivity contribution >= 4 is 21.7 Å². The van der Waals surface area contributed by atoms with Gasteiger partial charge in [-0.25, -0.2) is 0 Å². The monoisotopic (exact) mass is 634 g/mol. The third kappa shape index (κ3) is 7.21. The van der Waals surface area contributed by atoms with Crippen molar-refractivity contribution in [3.8, 4) is 22.3 Å². The first-order chi connectivity index (χ1) is 22.9. The first kappa shape index (κ1) is 33.5. The van der Waals surface area contributed by atoms with Crippen LogP contribution in [0.5, 0.6) is 0 Å². The maximum Gasteiger partial charge on any atom is 0.0397 e. The molecular formula is C46H54Si. The SMILES string of the molecule is CCCc1ccccc1-c1cccc2c1C=C(CC(C)C)C2C[Si]CC1C(CC(C)C)=Cc2c(-c3ccccc3CCC)cccc21. The average Bonchev–Trinajstić information content (AvgIpc) is 3.58. The molecule has 0 N–H and O–H groups in total. The summed E-state index contributed by atoms with van der Waals surface area (Å²) in [6.45, 7) is 14.1. The zero-order chi connectivity index (χ0) is 32.9. The van der Waals surface area contributed by atoms with Crippen LogP contribution in [0.2, 0.25) is 12.1 Å². The van der Waals surface area contributed by atoms with Gasteiger partial charge in [-0.05, 0) is 93.2 Å². The van der Waals surface area contributed by atoms with Gasteiger partial charge in [0.2, 0.25) is 0 Å². The van der Waals surface area contributed by atoms with Crippen molar-refractivity contribution in [2.45, 2.75) is 104 Å². The van der Waals surface area contributed by atoms with Gasteiger partial charge in [-0.15, -0.1) is 0 Å². The Bertz CT molecular complexity index is 1620. The fraction of sp³-hybridized carbons (Fsp3) is 0.391. The molecule has 0 aromatic heterocycles. The molecule has 0 nitrogen and oxygen atoms in total. The number of allylic oxidation sites excluding steroid dienone is 2. The number of benzene rings is 4. The second-order valence-corrected chi connectivity index (χ2v) is 16.1. The predicted molar refractivity (Wildman–Crippen MR) is 207 cm³/mol. The summed E-state index contributed by atoms with van der Waals surface area (Å²) in [6, 6.07) is 35.0. The van der Waals surface area contributed by atoms with Crippen molar-refractivity contribution in [2.24, 2.45) is 11.8 Å².